The van der Waals surface area contributed by atoms with Crippen LogP contribution in [0.3, 0.4) is 0 Å². The highest BCUT2D eigenvalue weighted by Crippen LogP contribution is 2.38. The fourth-order valence-corrected chi connectivity index (χ4v) is 4.03. The van der Waals surface area contributed by atoms with Crippen LogP contribution in [-0.2, 0) is 4.74 Å². The molecule has 25 heavy (non-hydrogen) atoms. The summed E-state index contributed by atoms with van der Waals surface area (Å²) < 4.78 is 5.52. The third kappa shape index (κ3) is 3.41. The molecule has 128 valence electrons. The predicted molar refractivity (Wildman–Crippen MR) is 96.3 cm³/mol. The molecule has 0 spiro atoms. The Labute approximate surface area is 150 Å². The van der Waals surface area contributed by atoms with Crippen LogP contribution in [0.2, 0.25) is 0 Å². The molecule has 0 aromatic heterocycles. The molecule has 0 aliphatic carbocycles. The number of benzene rings is 2. The van der Waals surface area contributed by atoms with Crippen LogP contribution < -0.4 is 10.6 Å². The first-order chi connectivity index (χ1) is 12.2. The third-order valence-corrected chi connectivity index (χ3v) is 5.51. The molecule has 6 heteroatoms. The Kier molecular flexibility index (Phi) is 4.46. The molecular weight excluding hydrogens is 336 g/mol. The maximum atomic E-state index is 12.4. The molecule has 2 amide bonds. The summed E-state index contributed by atoms with van der Waals surface area (Å²) in [5.74, 6) is -0.307. The molecule has 2 aliphatic heterocycles. The van der Waals surface area contributed by atoms with Crippen LogP contribution in [0.5, 0.6) is 0 Å². The highest BCUT2D eigenvalue weighted by Gasteiger charge is 2.21. The Morgan fingerprint density at radius 2 is 2.12 bits per heavy atom. The second kappa shape index (κ2) is 6.90. The second-order valence-electron chi connectivity index (χ2n) is 6.11. The van der Waals surface area contributed by atoms with Crippen molar-refractivity contribution in [3.8, 4) is 0 Å². The quantitative estimate of drug-likeness (QED) is 0.887. The molecule has 1 atom stereocenters. The summed E-state index contributed by atoms with van der Waals surface area (Å²) in [6.45, 7) is 1.28. The fraction of sp³-hybridized carbons (Fsp3) is 0.263. The summed E-state index contributed by atoms with van der Waals surface area (Å²) in [5, 5.41) is 5.81. The zero-order chi connectivity index (χ0) is 17.2. The summed E-state index contributed by atoms with van der Waals surface area (Å²) in [7, 11) is 0. The molecule has 0 radical (unpaired) electrons. The van der Waals surface area contributed by atoms with Crippen molar-refractivity contribution < 1.29 is 14.3 Å². The number of anilines is 1. The average Bonchev–Trinajstić information content (AvgIpc) is 3.10. The number of hydrogen-bond acceptors (Lipinski definition) is 4. The van der Waals surface area contributed by atoms with Gasteiger partial charge in [-0.2, -0.15) is 0 Å². The summed E-state index contributed by atoms with van der Waals surface area (Å²) in [5.41, 5.74) is 1.84. The fourth-order valence-electron chi connectivity index (χ4n) is 3.02. The molecule has 2 aliphatic rings. The van der Waals surface area contributed by atoms with Crippen LogP contribution in [0.25, 0.3) is 0 Å². The summed E-state index contributed by atoms with van der Waals surface area (Å²) in [6, 6.07) is 12.9. The van der Waals surface area contributed by atoms with Crippen molar-refractivity contribution in [2.45, 2.75) is 28.7 Å². The van der Waals surface area contributed by atoms with Crippen LogP contribution in [0.1, 0.15) is 33.6 Å². The minimum atomic E-state index is -0.154. The van der Waals surface area contributed by atoms with Crippen molar-refractivity contribution in [3.63, 3.8) is 0 Å². The van der Waals surface area contributed by atoms with Gasteiger partial charge in [0, 0.05) is 28.5 Å². The number of amides is 2. The van der Waals surface area contributed by atoms with Gasteiger partial charge in [0.15, 0.2) is 0 Å². The Hall–Kier alpha value is -2.31. The zero-order valence-electron chi connectivity index (χ0n) is 13.6. The molecule has 2 N–H and O–H groups in total. The van der Waals surface area contributed by atoms with Crippen molar-refractivity contribution in [1.82, 2.24) is 5.32 Å². The summed E-state index contributed by atoms with van der Waals surface area (Å²) in [6.07, 6.45) is 2.13. The minimum absolute atomic E-state index is 0.106. The molecule has 2 aromatic carbocycles. The average molecular weight is 354 g/mol. The number of carbonyl (C=O) groups excluding carboxylic acids is 2. The number of carbonyl (C=O) groups is 2. The maximum Gasteiger partial charge on any atom is 0.256 e. The van der Waals surface area contributed by atoms with Crippen LogP contribution >= 0.6 is 11.8 Å². The van der Waals surface area contributed by atoms with Crippen molar-refractivity contribution >= 4 is 29.3 Å². The van der Waals surface area contributed by atoms with E-state index in [1.807, 2.05) is 24.3 Å². The van der Waals surface area contributed by atoms with Gasteiger partial charge in [-0.15, -0.1) is 0 Å². The van der Waals surface area contributed by atoms with Crippen molar-refractivity contribution in [2.75, 3.05) is 18.5 Å². The Balaban J connectivity index is 1.53. The largest absolute Gasteiger partial charge is 0.376 e. The molecule has 1 unspecified atom stereocenters. The van der Waals surface area contributed by atoms with Gasteiger partial charge in [-0.1, -0.05) is 23.9 Å². The van der Waals surface area contributed by atoms with E-state index in [4.69, 9.17) is 4.74 Å². The lowest BCUT2D eigenvalue weighted by Gasteiger charge is -2.12. The van der Waals surface area contributed by atoms with E-state index in [1.165, 1.54) is 11.8 Å². The Morgan fingerprint density at radius 1 is 1.24 bits per heavy atom. The summed E-state index contributed by atoms with van der Waals surface area (Å²) in [4.78, 5) is 26.6. The van der Waals surface area contributed by atoms with Gasteiger partial charge < -0.3 is 15.4 Å². The lowest BCUT2D eigenvalue weighted by atomic mass is 10.1. The van der Waals surface area contributed by atoms with Gasteiger partial charge in [-0.25, -0.2) is 0 Å². The number of rotatable bonds is 3. The Bertz CT molecular complexity index is 831. The zero-order valence-corrected chi connectivity index (χ0v) is 14.4. The summed E-state index contributed by atoms with van der Waals surface area (Å²) >= 11 is 1.53. The van der Waals surface area contributed by atoms with E-state index in [2.05, 4.69) is 10.6 Å². The van der Waals surface area contributed by atoms with Crippen LogP contribution in [0.15, 0.2) is 52.3 Å². The van der Waals surface area contributed by atoms with E-state index < -0.39 is 0 Å². The monoisotopic (exact) mass is 354 g/mol. The number of hydrogen-bond donors (Lipinski definition) is 2. The van der Waals surface area contributed by atoms with Gasteiger partial charge in [-0.05, 0) is 43.2 Å². The molecule has 2 heterocycles. The van der Waals surface area contributed by atoms with Gasteiger partial charge in [0.05, 0.1) is 17.4 Å². The molecule has 0 saturated carbocycles. The van der Waals surface area contributed by atoms with Crippen molar-refractivity contribution in [2.24, 2.45) is 0 Å². The van der Waals surface area contributed by atoms with E-state index in [0.29, 0.717) is 23.4 Å². The third-order valence-electron chi connectivity index (χ3n) is 4.36. The van der Waals surface area contributed by atoms with Crippen molar-refractivity contribution in [3.05, 3.63) is 53.6 Å². The van der Waals surface area contributed by atoms with E-state index in [1.54, 1.807) is 18.2 Å². The molecular formula is C19H18N2O3S. The highest BCUT2D eigenvalue weighted by molar-refractivity contribution is 7.99. The van der Waals surface area contributed by atoms with Gasteiger partial charge in [0.2, 0.25) is 0 Å². The molecule has 4 rings (SSSR count). The lowest BCUT2D eigenvalue weighted by Crippen LogP contribution is -2.31. The van der Waals surface area contributed by atoms with E-state index in [0.717, 1.165) is 29.2 Å². The predicted octanol–water partition coefficient (Wildman–Crippen LogP) is 3.31. The normalized spacial score (nSPS) is 18.7. The van der Waals surface area contributed by atoms with Crippen LogP contribution in [0, 0.1) is 0 Å². The smallest absolute Gasteiger partial charge is 0.256 e. The topological polar surface area (TPSA) is 67.4 Å². The number of nitrogens with one attached hydrogen (secondary N) is 2. The molecule has 1 saturated heterocycles. The van der Waals surface area contributed by atoms with Gasteiger partial charge in [0.1, 0.15) is 0 Å². The van der Waals surface area contributed by atoms with Gasteiger partial charge in [-0.3, -0.25) is 9.59 Å². The van der Waals surface area contributed by atoms with Gasteiger partial charge in [0.25, 0.3) is 11.8 Å². The Morgan fingerprint density at radius 3 is 2.96 bits per heavy atom. The standard InChI is InChI=1S/C19H18N2O3S/c22-18(20-11-13-4-3-9-24-13)12-7-8-17-15(10-12)21-19(23)14-5-1-2-6-16(14)25-17/h1-2,5-8,10,13H,3-4,9,11H2,(H,20,22)(H,21,23). The van der Waals surface area contributed by atoms with Crippen LogP contribution in [0.4, 0.5) is 5.69 Å². The van der Waals surface area contributed by atoms with E-state index >= 15 is 0 Å². The van der Waals surface area contributed by atoms with E-state index in [9.17, 15) is 9.59 Å². The highest BCUT2D eigenvalue weighted by atomic mass is 32.2. The maximum absolute atomic E-state index is 12.4. The number of ether oxygens (including phenoxy) is 1. The van der Waals surface area contributed by atoms with Crippen LogP contribution in [-0.4, -0.2) is 31.1 Å². The first-order valence-electron chi connectivity index (χ1n) is 8.33. The second-order valence-corrected chi connectivity index (χ2v) is 7.19. The molecule has 1 fully saturated rings. The molecule has 2 aromatic rings. The van der Waals surface area contributed by atoms with Gasteiger partial charge >= 0.3 is 0 Å². The first kappa shape index (κ1) is 16.2. The first-order valence-corrected chi connectivity index (χ1v) is 9.14. The van der Waals surface area contributed by atoms with Crippen molar-refractivity contribution in [1.29, 1.82) is 0 Å². The molecule has 0 bridgehead atoms. The van der Waals surface area contributed by atoms with E-state index in [-0.39, 0.29) is 17.9 Å². The number of fused-ring (bicyclic) bond motifs is 2. The SMILES string of the molecule is O=C(NCC1CCCO1)c1ccc2c(c1)NC(=O)c1ccccc1S2. The lowest BCUT2D eigenvalue weighted by molar-refractivity contribution is 0.0857. The minimum Gasteiger partial charge on any atom is -0.376 e. The molecule has 5 nitrogen and oxygen atoms in total.